The van der Waals surface area contributed by atoms with Gasteiger partial charge in [0.1, 0.15) is 31.0 Å². The fraction of sp³-hybridized carbons (Fsp3) is 0.833. The van der Waals surface area contributed by atoms with E-state index in [4.69, 9.17) is 30.5 Å². The lowest BCUT2D eigenvalue weighted by molar-refractivity contribution is -0.146. The lowest BCUT2D eigenvalue weighted by Gasteiger charge is -2.21. The van der Waals surface area contributed by atoms with E-state index in [1.54, 1.807) is 32.6 Å². The van der Waals surface area contributed by atoms with E-state index in [2.05, 4.69) is 20.7 Å². The third-order valence-electron chi connectivity index (χ3n) is 6.33. The van der Waals surface area contributed by atoms with E-state index in [0.717, 1.165) is 25.9 Å². The summed E-state index contributed by atoms with van der Waals surface area (Å²) in [5.74, 6) is -1.09. The monoisotopic (exact) mass is 678 g/mol. The summed E-state index contributed by atoms with van der Waals surface area (Å²) < 4.78 is 14.5. The molecule has 3 fully saturated rings. The van der Waals surface area contributed by atoms with Gasteiger partial charge in [-0.2, -0.15) is 0 Å². The maximum Gasteiger partial charge on any atom is 0.407 e. The summed E-state index contributed by atoms with van der Waals surface area (Å²) >= 11 is 0. The maximum atomic E-state index is 11.5. The first-order chi connectivity index (χ1) is 21.8. The van der Waals surface area contributed by atoms with E-state index < -0.39 is 43.1 Å². The summed E-state index contributed by atoms with van der Waals surface area (Å²) in [6.45, 7) is 15.7. The minimum absolute atomic E-state index is 0.0969. The lowest BCUT2D eigenvalue weighted by Crippen LogP contribution is -2.41. The van der Waals surface area contributed by atoms with Gasteiger partial charge in [-0.05, 0) is 74.3 Å². The van der Waals surface area contributed by atoms with Crippen LogP contribution in [-0.4, -0.2) is 150 Å². The lowest BCUT2D eigenvalue weighted by atomic mass is 10.2. The Bertz CT molecular complexity index is 965. The van der Waals surface area contributed by atoms with Crippen molar-refractivity contribution in [2.24, 2.45) is 5.73 Å². The molecule has 47 heavy (non-hydrogen) atoms. The second kappa shape index (κ2) is 22.3. The number of aliphatic hydroxyl groups excluding tert-OH is 3. The molecular weight excluding hydrogens is 620 g/mol. The Kier molecular flexibility index (Phi) is 20.8. The summed E-state index contributed by atoms with van der Waals surface area (Å²) in [6, 6.07) is 0.241. The summed E-state index contributed by atoms with van der Waals surface area (Å²) in [4.78, 5) is 57.8. The molecule has 4 amide bonds. The molecule has 0 saturated carbocycles. The van der Waals surface area contributed by atoms with Crippen LogP contribution in [-0.2, 0) is 28.6 Å². The molecule has 17 heteroatoms. The molecule has 17 nitrogen and oxygen atoms in total. The first-order valence-electron chi connectivity index (χ1n) is 15.8. The van der Waals surface area contributed by atoms with Crippen molar-refractivity contribution in [3.05, 3.63) is 0 Å². The number of carbonyl (C=O) groups is 5. The number of hydrogen-bond acceptors (Lipinski definition) is 13. The molecule has 0 aliphatic carbocycles. The van der Waals surface area contributed by atoms with Crippen molar-refractivity contribution >= 4 is 30.0 Å². The Morgan fingerprint density at radius 3 is 1.62 bits per heavy atom. The van der Waals surface area contributed by atoms with Gasteiger partial charge in [0.05, 0.1) is 12.6 Å². The molecular formula is C30H58N6O11. The highest BCUT2D eigenvalue weighted by Crippen LogP contribution is 2.12. The number of amides is 4. The van der Waals surface area contributed by atoms with Gasteiger partial charge in [-0.3, -0.25) is 9.59 Å². The first kappa shape index (κ1) is 43.8. The fourth-order valence-electron chi connectivity index (χ4n) is 4.25. The zero-order valence-electron chi connectivity index (χ0n) is 29.0. The van der Waals surface area contributed by atoms with E-state index in [1.165, 1.54) is 4.90 Å². The number of alkyl carbamates (subject to hydrolysis) is 2. The second-order valence-electron chi connectivity index (χ2n) is 13.0. The van der Waals surface area contributed by atoms with Crippen molar-refractivity contribution in [2.75, 3.05) is 65.7 Å². The van der Waals surface area contributed by atoms with Crippen LogP contribution >= 0.6 is 0 Å². The van der Waals surface area contributed by atoms with Gasteiger partial charge in [0.2, 0.25) is 11.8 Å². The van der Waals surface area contributed by atoms with Gasteiger partial charge in [0.25, 0.3) is 0 Å². The molecule has 3 aliphatic rings. The molecule has 3 heterocycles. The largest absolute Gasteiger partial charge is 0.464 e. The van der Waals surface area contributed by atoms with Crippen LogP contribution in [0.15, 0.2) is 0 Å². The Labute approximate surface area is 277 Å². The van der Waals surface area contributed by atoms with Crippen LogP contribution in [0.4, 0.5) is 9.59 Å². The predicted octanol–water partition coefficient (Wildman–Crippen LogP) is -0.943. The molecule has 3 atom stereocenters. The van der Waals surface area contributed by atoms with Crippen LogP contribution in [0, 0.1) is 0 Å². The molecule has 8 N–H and O–H groups in total. The highest BCUT2D eigenvalue weighted by Gasteiger charge is 2.28. The molecule has 274 valence electrons. The van der Waals surface area contributed by atoms with Gasteiger partial charge in [-0.25, -0.2) is 14.4 Å². The third-order valence-corrected chi connectivity index (χ3v) is 6.33. The molecule has 3 saturated heterocycles. The summed E-state index contributed by atoms with van der Waals surface area (Å²) in [6.07, 6.45) is 1.73. The van der Waals surface area contributed by atoms with Gasteiger partial charge < -0.3 is 61.0 Å². The van der Waals surface area contributed by atoms with Crippen molar-refractivity contribution in [3.63, 3.8) is 0 Å². The van der Waals surface area contributed by atoms with Crippen molar-refractivity contribution in [1.82, 2.24) is 25.8 Å². The molecule has 0 aromatic heterocycles. The van der Waals surface area contributed by atoms with E-state index in [-0.39, 0.29) is 36.0 Å². The number of hydrogen-bond donors (Lipinski definition) is 7. The molecule has 0 bridgehead atoms. The predicted molar refractivity (Wildman–Crippen MR) is 172 cm³/mol. The minimum Gasteiger partial charge on any atom is -0.464 e. The van der Waals surface area contributed by atoms with Gasteiger partial charge in [-0.1, -0.05) is 0 Å². The van der Waals surface area contributed by atoms with Gasteiger partial charge in [0.15, 0.2) is 0 Å². The number of ether oxygens (including phenoxy) is 3. The van der Waals surface area contributed by atoms with Crippen LogP contribution in [0.1, 0.15) is 67.7 Å². The SMILES string of the molecule is CC(C)(C)OC(=O)N[C@H]1CCN(C(=O)CO)C1.CC(C)(C)OC(=O)N[C@H]1CCNC1.CCOC(=O)CO.N[C@H]1CCN(C(=O)CO)C1. The second-order valence-corrected chi connectivity index (χ2v) is 13.0. The highest BCUT2D eigenvalue weighted by molar-refractivity contribution is 5.78. The molecule has 0 radical (unpaired) electrons. The van der Waals surface area contributed by atoms with Crippen LogP contribution < -0.4 is 21.7 Å². The summed E-state index contributed by atoms with van der Waals surface area (Å²) in [7, 11) is 0. The number of nitrogens with two attached hydrogens (primary N) is 1. The Morgan fingerprint density at radius 1 is 0.766 bits per heavy atom. The number of esters is 1. The Balaban J connectivity index is 0.000000630. The van der Waals surface area contributed by atoms with Crippen LogP contribution in [0.5, 0.6) is 0 Å². The zero-order valence-corrected chi connectivity index (χ0v) is 29.0. The van der Waals surface area contributed by atoms with Crippen LogP contribution in [0.2, 0.25) is 0 Å². The number of carbonyl (C=O) groups excluding carboxylic acids is 5. The van der Waals surface area contributed by atoms with Gasteiger partial charge in [0, 0.05) is 44.8 Å². The number of rotatable bonds is 6. The van der Waals surface area contributed by atoms with Crippen LogP contribution in [0.3, 0.4) is 0 Å². The Hall–Kier alpha value is -3.25. The van der Waals surface area contributed by atoms with Crippen molar-refractivity contribution in [2.45, 2.75) is 97.1 Å². The first-order valence-corrected chi connectivity index (χ1v) is 15.8. The normalized spacial score (nSPS) is 20.3. The van der Waals surface area contributed by atoms with E-state index in [0.29, 0.717) is 39.2 Å². The van der Waals surface area contributed by atoms with Crippen molar-refractivity contribution in [1.29, 1.82) is 0 Å². The van der Waals surface area contributed by atoms with Crippen LogP contribution in [0.25, 0.3) is 0 Å². The number of nitrogens with zero attached hydrogens (tertiary/aromatic N) is 2. The number of aliphatic hydroxyl groups is 3. The number of nitrogens with one attached hydrogen (secondary N) is 3. The van der Waals surface area contributed by atoms with Gasteiger partial charge in [-0.15, -0.1) is 0 Å². The molecule has 0 unspecified atom stereocenters. The smallest absolute Gasteiger partial charge is 0.407 e. The average Bonchev–Trinajstić information content (AvgIpc) is 3.74. The molecule has 0 aromatic rings. The molecule has 3 aliphatic heterocycles. The highest BCUT2D eigenvalue weighted by atomic mass is 16.6. The zero-order chi connectivity index (χ0) is 36.2. The van der Waals surface area contributed by atoms with Crippen molar-refractivity contribution < 1.29 is 53.5 Å². The summed E-state index contributed by atoms with van der Waals surface area (Å²) in [5.41, 5.74) is 4.61. The van der Waals surface area contributed by atoms with E-state index in [9.17, 15) is 24.0 Å². The number of likely N-dealkylation sites (tertiary alicyclic amines) is 2. The van der Waals surface area contributed by atoms with Gasteiger partial charge >= 0.3 is 18.2 Å². The minimum atomic E-state index is -0.567. The Morgan fingerprint density at radius 2 is 1.26 bits per heavy atom. The summed E-state index contributed by atoms with van der Waals surface area (Å²) in [5, 5.41) is 33.8. The van der Waals surface area contributed by atoms with E-state index in [1.807, 2.05) is 20.8 Å². The third kappa shape index (κ3) is 22.0. The quantitative estimate of drug-likeness (QED) is 0.133. The molecule has 0 spiro atoms. The topological polar surface area (TPSA) is 242 Å². The maximum absolute atomic E-state index is 11.5. The molecule has 3 rings (SSSR count). The fourth-order valence-corrected chi connectivity index (χ4v) is 4.25. The molecule has 0 aromatic carbocycles. The standard InChI is InChI=1S/C11H20N2O4.C9H18N2O2.C6H12N2O2.C4H8O3/c1-11(2,3)17-10(16)12-8-4-5-13(6-8)9(15)7-14;1-9(2,3)13-8(12)11-7-4-5-10-6-7;7-5-1-2-8(3-5)6(10)4-9;1-2-7-4(6)3-5/h8,14H,4-7H2,1-3H3,(H,12,16);7,10H,4-6H2,1-3H3,(H,11,12);5,9H,1-4,7H2;5H,2-3H2,1H3/t8-;7-;5-;/m000./s1. The van der Waals surface area contributed by atoms with Crippen molar-refractivity contribution in [3.8, 4) is 0 Å². The average molecular weight is 679 g/mol. The van der Waals surface area contributed by atoms with E-state index >= 15 is 0 Å².